The van der Waals surface area contributed by atoms with Gasteiger partial charge in [0.15, 0.2) is 0 Å². The number of aliphatic hydroxyl groups is 1. The Kier molecular flexibility index (Phi) is 4.79. The molecular weight excluding hydrogens is 140 g/mol. The van der Waals surface area contributed by atoms with Crippen LogP contribution in [0.5, 0.6) is 0 Å². The summed E-state index contributed by atoms with van der Waals surface area (Å²) in [4.78, 5) is 10.2. The molecule has 0 rings (SSSR count). The number of carbonyl (C=O) groups excluding carboxylic acids is 1. The van der Waals surface area contributed by atoms with Gasteiger partial charge in [0.05, 0.1) is 6.10 Å². The Labute approximate surface area is 67.9 Å². The summed E-state index contributed by atoms with van der Waals surface area (Å²) in [5.41, 5.74) is 1.12. The molecule has 2 atom stereocenters. The lowest BCUT2D eigenvalue weighted by atomic mass is 10.00. The fourth-order valence-electron chi connectivity index (χ4n) is 0.724. The van der Waals surface area contributed by atoms with Gasteiger partial charge in [-0.2, -0.15) is 0 Å². The average molecular weight is 156 g/mol. The molecule has 2 heteroatoms. The monoisotopic (exact) mass is 156 g/mol. The third-order valence-electron chi connectivity index (χ3n) is 1.85. The molecule has 0 amide bonds. The largest absolute Gasteiger partial charge is 0.392 e. The molecule has 0 saturated carbocycles. The van der Waals surface area contributed by atoms with Crippen LogP contribution in [0.1, 0.15) is 27.2 Å². The van der Waals surface area contributed by atoms with Gasteiger partial charge in [-0.05, 0) is 20.3 Å². The third kappa shape index (κ3) is 3.94. The van der Waals surface area contributed by atoms with E-state index in [1.165, 1.54) is 0 Å². The molecule has 0 saturated heterocycles. The van der Waals surface area contributed by atoms with Crippen molar-refractivity contribution in [3.63, 3.8) is 0 Å². The summed E-state index contributed by atoms with van der Waals surface area (Å²) in [6, 6.07) is 0. The Bertz CT molecular complexity index is 150. The Hall–Kier alpha value is -0.630. The minimum atomic E-state index is -0.524. The number of carbonyl (C=O) groups is 1. The van der Waals surface area contributed by atoms with Gasteiger partial charge in [0, 0.05) is 5.92 Å². The molecule has 0 aromatic heterocycles. The molecule has 0 fully saturated rings. The van der Waals surface area contributed by atoms with Crippen molar-refractivity contribution in [3.8, 4) is 0 Å². The molecule has 0 aliphatic rings. The van der Waals surface area contributed by atoms with Crippen LogP contribution in [0.25, 0.3) is 0 Å². The first-order valence-electron chi connectivity index (χ1n) is 3.87. The van der Waals surface area contributed by atoms with Crippen LogP contribution in [0.15, 0.2) is 11.6 Å². The van der Waals surface area contributed by atoms with Gasteiger partial charge in [0.1, 0.15) is 6.29 Å². The molecule has 0 aromatic carbocycles. The number of rotatable bonds is 4. The molecule has 2 nitrogen and oxygen atoms in total. The SMILES string of the molecule is C/C=C(\C)C[C@@H](O)[C@H](C)C=O. The van der Waals surface area contributed by atoms with Crippen LogP contribution >= 0.6 is 0 Å². The summed E-state index contributed by atoms with van der Waals surface area (Å²) in [5, 5.41) is 9.35. The highest BCUT2D eigenvalue weighted by molar-refractivity contribution is 5.53. The normalized spacial score (nSPS) is 17.6. The smallest absolute Gasteiger partial charge is 0.125 e. The van der Waals surface area contributed by atoms with Crippen LogP contribution in [0, 0.1) is 5.92 Å². The number of aliphatic hydroxyl groups excluding tert-OH is 1. The van der Waals surface area contributed by atoms with Gasteiger partial charge in [-0.25, -0.2) is 0 Å². The van der Waals surface area contributed by atoms with E-state index in [0.29, 0.717) is 6.42 Å². The lowest BCUT2D eigenvalue weighted by Crippen LogP contribution is -2.18. The molecule has 0 aliphatic carbocycles. The van der Waals surface area contributed by atoms with E-state index in [1.54, 1.807) is 6.92 Å². The van der Waals surface area contributed by atoms with Gasteiger partial charge >= 0.3 is 0 Å². The zero-order chi connectivity index (χ0) is 8.85. The number of aldehydes is 1. The summed E-state index contributed by atoms with van der Waals surface area (Å²) in [6.45, 7) is 5.59. The van der Waals surface area contributed by atoms with Crippen molar-refractivity contribution in [2.75, 3.05) is 0 Å². The van der Waals surface area contributed by atoms with Crippen LogP contribution in [0.2, 0.25) is 0 Å². The summed E-state index contributed by atoms with van der Waals surface area (Å²) < 4.78 is 0. The van der Waals surface area contributed by atoms with Crippen molar-refractivity contribution in [1.29, 1.82) is 0 Å². The van der Waals surface area contributed by atoms with Gasteiger partial charge in [-0.3, -0.25) is 0 Å². The van der Waals surface area contributed by atoms with Gasteiger partial charge in [0.25, 0.3) is 0 Å². The fourth-order valence-corrected chi connectivity index (χ4v) is 0.724. The summed E-state index contributed by atoms with van der Waals surface area (Å²) in [6.07, 6.45) is 2.80. The lowest BCUT2D eigenvalue weighted by Gasteiger charge is -2.12. The van der Waals surface area contributed by atoms with E-state index in [2.05, 4.69) is 0 Å². The molecule has 0 aliphatic heterocycles. The Morgan fingerprint density at radius 2 is 2.18 bits per heavy atom. The Morgan fingerprint density at radius 3 is 2.55 bits per heavy atom. The van der Waals surface area contributed by atoms with Crippen LogP contribution in [0.3, 0.4) is 0 Å². The van der Waals surface area contributed by atoms with Crippen molar-refractivity contribution in [2.45, 2.75) is 33.3 Å². The van der Waals surface area contributed by atoms with E-state index >= 15 is 0 Å². The van der Waals surface area contributed by atoms with Gasteiger partial charge in [0.2, 0.25) is 0 Å². The lowest BCUT2D eigenvalue weighted by molar-refractivity contribution is -0.113. The Morgan fingerprint density at radius 1 is 1.64 bits per heavy atom. The van der Waals surface area contributed by atoms with Crippen molar-refractivity contribution in [2.24, 2.45) is 5.92 Å². The highest BCUT2D eigenvalue weighted by Gasteiger charge is 2.12. The van der Waals surface area contributed by atoms with E-state index < -0.39 is 6.10 Å². The van der Waals surface area contributed by atoms with Crippen LogP contribution in [-0.2, 0) is 4.79 Å². The molecular formula is C9H16O2. The Balaban J connectivity index is 3.86. The molecule has 11 heavy (non-hydrogen) atoms. The van der Waals surface area contributed by atoms with Gasteiger partial charge < -0.3 is 9.90 Å². The fraction of sp³-hybridized carbons (Fsp3) is 0.667. The average Bonchev–Trinajstić information content (AvgIpc) is 2.02. The number of hydrogen-bond acceptors (Lipinski definition) is 2. The summed E-state index contributed by atoms with van der Waals surface area (Å²) in [5.74, 6) is -0.259. The minimum Gasteiger partial charge on any atom is -0.392 e. The standard InChI is InChI=1S/C9H16O2/c1-4-7(2)5-9(11)8(3)6-10/h4,6,8-9,11H,5H2,1-3H3/b7-4+/t8-,9-/m1/s1. The third-order valence-corrected chi connectivity index (χ3v) is 1.85. The van der Waals surface area contributed by atoms with E-state index in [0.717, 1.165) is 11.9 Å². The zero-order valence-electron chi connectivity index (χ0n) is 7.37. The van der Waals surface area contributed by atoms with Gasteiger partial charge in [-0.1, -0.05) is 18.6 Å². The second-order valence-electron chi connectivity index (χ2n) is 2.90. The van der Waals surface area contributed by atoms with Crippen LogP contribution in [0.4, 0.5) is 0 Å². The van der Waals surface area contributed by atoms with E-state index in [4.69, 9.17) is 0 Å². The van der Waals surface area contributed by atoms with Crippen LogP contribution in [-0.4, -0.2) is 17.5 Å². The maximum absolute atomic E-state index is 10.2. The molecule has 0 radical (unpaired) electrons. The quantitative estimate of drug-likeness (QED) is 0.495. The van der Waals surface area contributed by atoms with Gasteiger partial charge in [-0.15, -0.1) is 0 Å². The minimum absolute atomic E-state index is 0.259. The number of hydrogen-bond donors (Lipinski definition) is 1. The van der Waals surface area contributed by atoms with Crippen LogP contribution < -0.4 is 0 Å². The summed E-state index contributed by atoms with van der Waals surface area (Å²) >= 11 is 0. The highest BCUT2D eigenvalue weighted by atomic mass is 16.3. The maximum atomic E-state index is 10.2. The van der Waals surface area contributed by atoms with Crippen molar-refractivity contribution >= 4 is 6.29 Å². The molecule has 64 valence electrons. The zero-order valence-corrected chi connectivity index (χ0v) is 7.37. The topological polar surface area (TPSA) is 37.3 Å². The van der Waals surface area contributed by atoms with Crippen molar-refractivity contribution in [3.05, 3.63) is 11.6 Å². The number of allylic oxidation sites excluding steroid dienone is 1. The van der Waals surface area contributed by atoms with E-state index in [1.807, 2.05) is 19.9 Å². The molecule has 0 unspecified atom stereocenters. The van der Waals surface area contributed by atoms with Crippen molar-refractivity contribution < 1.29 is 9.90 Å². The molecule has 0 spiro atoms. The first-order chi connectivity index (χ1) is 5.11. The highest BCUT2D eigenvalue weighted by Crippen LogP contribution is 2.10. The first kappa shape index (κ1) is 10.4. The van der Waals surface area contributed by atoms with Crippen molar-refractivity contribution in [1.82, 2.24) is 0 Å². The molecule has 0 aromatic rings. The second-order valence-corrected chi connectivity index (χ2v) is 2.90. The van der Waals surface area contributed by atoms with E-state index in [-0.39, 0.29) is 5.92 Å². The first-order valence-corrected chi connectivity index (χ1v) is 3.87. The predicted octanol–water partition coefficient (Wildman–Crippen LogP) is 1.54. The summed E-state index contributed by atoms with van der Waals surface area (Å²) in [7, 11) is 0. The molecule has 1 N–H and O–H groups in total. The second kappa shape index (κ2) is 5.08. The predicted molar refractivity (Wildman–Crippen MR) is 45.3 cm³/mol. The maximum Gasteiger partial charge on any atom is 0.125 e. The van der Waals surface area contributed by atoms with E-state index in [9.17, 15) is 9.90 Å². The molecule has 0 bridgehead atoms. The molecule has 0 heterocycles.